The molecule has 10 heteroatoms. The summed E-state index contributed by atoms with van der Waals surface area (Å²) in [6.45, 7) is 7.30. The summed E-state index contributed by atoms with van der Waals surface area (Å²) in [6, 6.07) is 8.15. The molecule has 0 saturated carbocycles. The van der Waals surface area contributed by atoms with Gasteiger partial charge in [-0.25, -0.2) is 23.7 Å². The number of nitrogens with one attached hydrogen (secondary N) is 2. The molecule has 0 radical (unpaired) electrons. The maximum Gasteiger partial charge on any atom is 0.229 e. The van der Waals surface area contributed by atoms with E-state index in [0.29, 0.717) is 16.9 Å². The summed E-state index contributed by atoms with van der Waals surface area (Å²) in [6.07, 6.45) is 2.84. The Morgan fingerprint density at radius 2 is 1.83 bits per heavy atom. The first-order valence-electron chi connectivity index (χ1n) is 11.5. The second-order valence-electron chi connectivity index (χ2n) is 8.65. The van der Waals surface area contributed by atoms with Gasteiger partial charge >= 0.3 is 0 Å². The van der Waals surface area contributed by atoms with E-state index in [1.165, 1.54) is 6.07 Å². The van der Waals surface area contributed by atoms with Crippen LogP contribution in [0.4, 0.5) is 26.2 Å². The molecule has 4 N–H and O–H groups in total. The summed E-state index contributed by atoms with van der Waals surface area (Å²) in [4.78, 5) is 19.3. The first kappa shape index (κ1) is 23.0. The lowest BCUT2D eigenvalue weighted by Gasteiger charge is -2.29. The zero-order chi connectivity index (χ0) is 24.5. The molecule has 1 aliphatic rings. The maximum absolute atomic E-state index is 15.0. The van der Waals surface area contributed by atoms with Crippen LogP contribution in [-0.2, 0) is 0 Å². The van der Waals surface area contributed by atoms with Gasteiger partial charge in [-0.2, -0.15) is 0 Å². The van der Waals surface area contributed by atoms with Crippen LogP contribution >= 0.6 is 0 Å². The molecule has 1 saturated heterocycles. The van der Waals surface area contributed by atoms with Crippen molar-refractivity contribution in [3.63, 3.8) is 0 Å². The molecule has 8 nitrogen and oxygen atoms in total. The number of aromatic nitrogens is 4. The molecule has 1 atom stereocenters. The minimum Gasteiger partial charge on any atom is -0.368 e. The van der Waals surface area contributed by atoms with Crippen molar-refractivity contribution in [2.24, 2.45) is 5.73 Å². The quantitative estimate of drug-likeness (QED) is 0.399. The van der Waals surface area contributed by atoms with Crippen molar-refractivity contribution in [2.45, 2.75) is 19.9 Å². The Hall–Kier alpha value is -3.76. The highest BCUT2D eigenvalue weighted by molar-refractivity contribution is 5.88. The SMILES string of the molecule is Cc1cc(C(C)N)c2cc(-c3nc(Nc4ccc(N5CCNCC5)cn4)ncc3F)cc(F)c2n1. The Morgan fingerprint density at radius 1 is 1.03 bits per heavy atom. The van der Waals surface area contributed by atoms with Gasteiger partial charge in [-0.15, -0.1) is 0 Å². The van der Waals surface area contributed by atoms with Crippen molar-refractivity contribution in [3.8, 4) is 11.3 Å². The van der Waals surface area contributed by atoms with Gasteiger partial charge in [0.1, 0.15) is 22.8 Å². The van der Waals surface area contributed by atoms with Crippen molar-refractivity contribution in [1.82, 2.24) is 25.3 Å². The van der Waals surface area contributed by atoms with E-state index in [1.54, 1.807) is 19.2 Å². The van der Waals surface area contributed by atoms with Gasteiger partial charge in [-0.05, 0) is 49.7 Å². The van der Waals surface area contributed by atoms with E-state index in [4.69, 9.17) is 5.73 Å². The summed E-state index contributed by atoms with van der Waals surface area (Å²) in [5.74, 6) is -0.566. The number of pyridine rings is 2. The average Bonchev–Trinajstić information content (AvgIpc) is 2.86. The maximum atomic E-state index is 15.0. The van der Waals surface area contributed by atoms with Gasteiger partial charge in [0.15, 0.2) is 5.82 Å². The van der Waals surface area contributed by atoms with Gasteiger partial charge in [-0.3, -0.25) is 4.98 Å². The van der Waals surface area contributed by atoms with E-state index >= 15 is 4.39 Å². The van der Waals surface area contributed by atoms with Crippen LogP contribution in [-0.4, -0.2) is 46.1 Å². The van der Waals surface area contributed by atoms with E-state index in [-0.39, 0.29) is 28.8 Å². The molecule has 4 aromatic rings. The van der Waals surface area contributed by atoms with Gasteiger partial charge in [0.05, 0.1) is 18.1 Å². The summed E-state index contributed by atoms with van der Waals surface area (Å²) in [5.41, 5.74) is 8.97. The van der Waals surface area contributed by atoms with Crippen molar-refractivity contribution in [2.75, 3.05) is 36.4 Å². The zero-order valence-electron chi connectivity index (χ0n) is 19.5. The molecule has 0 aliphatic carbocycles. The standard InChI is InChI=1S/C25H26F2N8/c1-14-9-18(15(2)28)19-10-16(11-20(26)24(19)32-14)23-21(27)13-31-25(34-23)33-22-4-3-17(12-30-22)35-7-5-29-6-8-35/h3-4,9-13,15,29H,5-8,28H2,1-2H3,(H,30,31,33,34). The normalized spacial score (nSPS) is 14.8. The highest BCUT2D eigenvalue weighted by Gasteiger charge is 2.17. The number of hydrogen-bond donors (Lipinski definition) is 3. The van der Waals surface area contributed by atoms with Crippen LogP contribution in [0, 0.1) is 18.6 Å². The smallest absolute Gasteiger partial charge is 0.229 e. The van der Waals surface area contributed by atoms with Crippen LogP contribution in [0.25, 0.3) is 22.2 Å². The number of piperazine rings is 1. The highest BCUT2D eigenvalue weighted by Crippen LogP contribution is 2.31. The lowest BCUT2D eigenvalue weighted by atomic mass is 9.99. The fraction of sp³-hybridized carbons (Fsp3) is 0.280. The molecule has 35 heavy (non-hydrogen) atoms. The Balaban J connectivity index is 1.46. The number of halogens is 2. The Morgan fingerprint density at radius 3 is 2.54 bits per heavy atom. The Labute approximate surface area is 201 Å². The molecular formula is C25H26F2N8. The summed E-state index contributed by atoms with van der Waals surface area (Å²) in [5, 5.41) is 6.85. The van der Waals surface area contributed by atoms with Crippen LogP contribution in [0.3, 0.4) is 0 Å². The van der Waals surface area contributed by atoms with Crippen molar-refractivity contribution < 1.29 is 8.78 Å². The van der Waals surface area contributed by atoms with Gasteiger partial charge in [0.25, 0.3) is 0 Å². The number of hydrogen-bond acceptors (Lipinski definition) is 8. The average molecular weight is 477 g/mol. The van der Waals surface area contributed by atoms with E-state index in [1.807, 2.05) is 25.1 Å². The lowest BCUT2D eigenvalue weighted by Crippen LogP contribution is -2.43. The van der Waals surface area contributed by atoms with Crippen LogP contribution in [0.1, 0.15) is 24.2 Å². The van der Waals surface area contributed by atoms with Gasteiger partial charge in [-0.1, -0.05) is 0 Å². The fourth-order valence-electron chi connectivity index (χ4n) is 4.27. The number of nitrogens with two attached hydrogens (primary N) is 1. The largest absolute Gasteiger partial charge is 0.368 e. The Kier molecular flexibility index (Phi) is 6.23. The van der Waals surface area contributed by atoms with Gasteiger partial charge < -0.3 is 21.3 Å². The molecule has 0 amide bonds. The molecule has 1 fully saturated rings. The highest BCUT2D eigenvalue weighted by atomic mass is 19.1. The number of benzene rings is 1. The predicted octanol–water partition coefficient (Wildman–Crippen LogP) is 3.85. The zero-order valence-corrected chi connectivity index (χ0v) is 19.5. The minimum absolute atomic E-state index is 0.0306. The minimum atomic E-state index is -0.668. The van der Waals surface area contributed by atoms with Crippen molar-refractivity contribution >= 4 is 28.4 Å². The molecule has 3 aromatic heterocycles. The van der Waals surface area contributed by atoms with E-state index in [9.17, 15) is 4.39 Å². The molecule has 0 bridgehead atoms. The van der Waals surface area contributed by atoms with Crippen LogP contribution < -0.4 is 21.3 Å². The molecule has 1 unspecified atom stereocenters. The number of nitrogens with zero attached hydrogens (tertiary/aromatic N) is 5. The first-order chi connectivity index (χ1) is 16.9. The number of fused-ring (bicyclic) bond motifs is 1. The third kappa shape index (κ3) is 4.75. The molecular weight excluding hydrogens is 450 g/mol. The number of anilines is 3. The predicted molar refractivity (Wildman–Crippen MR) is 133 cm³/mol. The number of rotatable bonds is 5. The third-order valence-corrected chi connectivity index (χ3v) is 6.00. The van der Waals surface area contributed by atoms with Crippen LogP contribution in [0.15, 0.2) is 42.7 Å². The summed E-state index contributed by atoms with van der Waals surface area (Å²) < 4.78 is 29.8. The Bertz CT molecular complexity index is 1370. The van der Waals surface area contributed by atoms with Crippen LogP contribution in [0.5, 0.6) is 0 Å². The van der Waals surface area contributed by atoms with E-state index < -0.39 is 11.6 Å². The molecule has 180 valence electrons. The molecule has 0 spiro atoms. The van der Waals surface area contributed by atoms with Crippen molar-refractivity contribution in [1.29, 1.82) is 0 Å². The monoisotopic (exact) mass is 476 g/mol. The van der Waals surface area contributed by atoms with Gasteiger partial charge in [0.2, 0.25) is 5.95 Å². The lowest BCUT2D eigenvalue weighted by molar-refractivity contribution is 0.589. The molecule has 1 aliphatic heterocycles. The fourth-order valence-corrected chi connectivity index (χ4v) is 4.27. The molecule has 5 rings (SSSR count). The van der Waals surface area contributed by atoms with Crippen LogP contribution in [0.2, 0.25) is 0 Å². The second kappa shape index (κ2) is 9.47. The summed E-state index contributed by atoms with van der Waals surface area (Å²) >= 11 is 0. The summed E-state index contributed by atoms with van der Waals surface area (Å²) in [7, 11) is 0. The second-order valence-corrected chi connectivity index (χ2v) is 8.65. The molecule has 4 heterocycles. The first-order valence-corrected chi connectivity index (χ1v) is 11.5. The number of aryl methyl sites for hydroxylation is 1. The van der Waals surface area contributed by atoms with Gasteiger partial charge in [0, 0.05) is 48.9 Å². The van der Waals surface area contributed by atoms with Crippen molar-refractivity contribution in [3.05, 3.63) is 65.6 Å². The van der Waals surface area contributed by atoms with E-state index in [2.05, 4.69) is 35.5 Å². The topological polar surface area (TPSA) is 105 Å². The van der Waals surface area contributed by atoms with E-state index in [0.717, 1.165) is 43.6 Å². The molecule has 1 aromatic carbocycles. The third-order valence-electron chi connectivity index (χ3n) is 6.00.